The van der Waals surface area contributed by atoms with Crippen LogP contribution in [-0.4, -0.2) is 59.0 Å². The summed E-state index contributed by atoms with van der Waals surface area (Å²) < 4.78 is 0. The first-order chi connectivity index (χ1) is 15.3. The van der Waals surface area contributed by atoms with Crippen LogP contribution in [0, 0.1) is 23.2 Å². The van der Waals surface area contributed by atoms with Crippen LogP contribution in [0.3, 0.4) is 0 Å². The summed E-state index contributed by atoms with van der Waals surface area (Å²) in [6.07, 6.45) is 8.04. The maximum Gasteiger partial charge on any atom is 0.267 e. The van der Waals surface area contributed by atoms with E-state index in [-0.39, 0.29) is 35.6 Å². The standard InChI is InChI=1S/C23H34N6O3/c1-3-15-9-19(23(32)28-10-16-6-4-5-14(16)2)29(13-15)20(30)12-27-18-11-26-8-7-17(18)21(24)22(25)31/h7-8,11,14-16,19,24,27H,3-6,9-10,12-13H2,1-2H3,(H2,25,31)(H,28,32). The maximum absolute atomic E-state index is 13.0. The van der Waals surface area contributed by atoms with Crippen molar-refractivity contribution in [1.82, 2.24) is 15.2 Å². The number of anilines is 1. The molecule has 3 amide bonds. The average molecular weight is 443 g/mol. The van der Waals surface area contributed by atoms with Crippen LogP contribution < -0.4 is 16.4 Å². The van der Waals surface area contributed by atoms with Gasteiger partial charge in [-0.1, -0.05) is 33.1 Å². The molecule has 32 heavy (non-hydrogen) atoms. The summed E-state index contributed by atoms with van der Waals surface area (Å²) in [5.41, 5.74) is 5.54. The highest BCUT2D eigenvalue weighted by Crippen LogP contribution is 2.31. The van der Waals surface area contributed by atoms with E-state index >= 15 is 0 Å². The molecule has 2 aliphatic rings. The van der Waals surface area contributed by atoms with Crippen LogP contribution in [0.25, 0.3) is 0 Å². The molecule has 4 atom stereocenters. The lowest BCUT2D eigenvalue weighted by molar-refractivity contribution is -0.137. The monoisotopic (exact) mass is 442 g/mol. The first kappa shape index (κ1) is 23.7. The Morgan fingerprint density at radius 2 is 2.09 bits per heavy atom. The summed E-state index contributed by atoms with van der Waals surface area (Å²) in [5, 5.41) is 13.9. The molecule has 1 saturated heterocycles. The number of nitrogens with one attached hydrogen (secondary N) is 3. The highest BCUT2D eigenvalue weighted by Gasteiger charge is 2.39. The molecule has 4 unspecified atom stereocenters. The molecular weight excluding hydrogens is 408 g/mol. The highest BCUT2D eigenvalue weighted by atomic mass is 16.2. The van der Waals surface area contributed by atoms with Gasteiger partial charge in [-0.15, -0.1) is 0 Å². The molecule has 1 saturated carbocycles. The van der Waals surface area contributed by atoms with Crippen LogP contribution in [-0.2, 0) is 14.4 Å². The number of hydrogen-bond acceptors (Lipinski definition) is 6. The van der Waals surface area contributed by atoms with Gasteiger partial charge in [-0.2, -0.15) is 0 Å². The number of hydrogen-bond donors (Lipinski definition) is 4. The van der Waals surface area contributed by atoms with E-state index in [9.17, 15) is 14.4 Å². The number of carbonyl (C=O) groups is 3. The summed E-state index contributed by atoms with van der Waals surface area (Å²) in [7, 11) is 0. The number of pyridine rings is 1. The molecule has 1 aliphatic carbocycles. The second kappa shape index (κ2) is 10.6. The Bertz CT molecular complexity index is 873. The fraction of sp³-hybridized carbons (Fsp3) is 0.609. The molecule has 0 aromatic carbocycles. The molecule has 0 radical (unpaired) electrons. The summed E-state index contributed by atoms with van der Waals surface area (Å²) in [5.74, 6) is 0.290. The second-order valence-electron chi connectivity index (χ2n) is 9.00. The largest absolute Gasteiger partial charge is 0.374 e. The molecule has 9 nitrogen and oxygen atoms in total. The quantitative estimate of drug-likeness (QED) is 0.429. The third-order valence-corrected chi connectivity index (χ3v) is 6.93. The summed E-state index contributed by atoms with van der Waals surface area (Å²) in [4.78, 5) is 43.1. The summed E-state index contributed by atoms with van der Waals surface area (Å²) >= 11 is 0. The normalized spacial score (nSPS) is 24.9. The lowest BCUT2D eigenvalue weighted by Gasteiger charge is -2.25. The molecule has 0 spiro atoms. The van der Waals surface area contributed by atoms with Crippen LogP contribution in [0.2, 0.25) is 0 Å². The number of carbonyl (C=O) groups excluding carboxylic acids is 3. The van der Waals surface area contributed by atoms with Gasteiger partial charge in [0, 0.05) is 24.8 Å². The van der Waals surface area contributed by atoms with E-state index in [1.54, 1.807) is 4.90 Å². The lowest BCUT2D eigenvalue weighted by Crippen LogP contribution is -2.48. The average Bonchev–Trinajstić information content (AvgIpc) is 3.41. The van der Waals surface area contributed by atoms with Crippen LogP contribution in [0.1, 0.15) is 51.5 Å². The van der Waals surface area contributed by atoms with E-state index in [1.165, 1.54) is 31.3 Å². The molecule has 0 bridgehead atoms. The Labute approximate surface area is 189 Å². The van der Waals surface area contributed by atoms with E-state index < -0.39 is 11.9 Å². The predicted molar refractivity (Wildman–Crippen MR) is 122 cm³/mol. The Kier molecular flexibility index (Phi) is 7.82. The van der Waals surface area contributed by atoms with Crippen molar-refractivity contribution in [1.29, 1.82) is 5.41 Å². The number of nitrogens with zero attached hydrogens (tertiary/aromatic N) is 2. The zero-order valence-corrected chi connectivity index (χ0v) is 18.9. The first-order valence-corrected chi connectivity index (χ1v) is 11.5. The zero-order valence-electron chi connectivity index (χ0n) is 18.9. The van der Waals surface area contributed by atoms with Crippen LogP contribution in [0.4, 0.5) is 5.69 Å². The van der Waals surface area contributed by atoms with Crippen molar-refractivity contribution in [2.75, 3.05) is 25.0 Å². The Morgan fingerprint density at radius 1 is 1.31 bits per heavy atom. The smallest absolute Gasteiger partial charge is 0.267 e. The summed E-state index contributed by atoms with van der Waals surface area (Å²) in [6.45, 7) is 5.46. The molecule has 174 valence electrons. The van der Waals surface area contributed by atoms with Crippen molar-refractivity contribution in [2.45, 2.75) is 52.0 Å². The van der Waals surface area contributed by atoms with E-state index in [4.69, 9.17) is 11.1 Å². The molecule has 2 heterocycles. The third kappa shape index (κ3) is 5.44. The van der Waals surface area contributed by atoms with Gasteiger partial charge in [0.05, 0.1) is 18.4 Å². The van der Waals surface area contributed by atoms with E-state index in [0.717, 1.165) is 12.8 Å². The predicted octanol–water partition coefficient (Wildman–Crippen LogP) is 1.53. The molecule has 2 fully saturated rings. The molecule has 1 aromatic rings. The molecule has 1 aromatic heterocycles. The van der Waals surface area contributed by atoms with E-state index in [1.807, 2.05) is 0 Å². The van der Waals surface area contributed by atoms with Gasteiger partial charge in [0.25, 0.3) is 5.91 Å². The van der Waals surface area contributed by atoms with Gasteiger partial charge < -0.3 is 21.3 Å². The Balaban J connectivity index is 1.63. The van der Waals surface area contributed by atoms with Crippen molar-refractivity contribution in [2.24, 2.45) is 23.5 Å². The number of likely N-dealkylation sites (tertiary alicyclic amines) is 1. The van der Waals surface area contributed by atoms with Crippen molar-refractivity contribution < 1.29 is 14.4 Å². The maximum atomic E-state index is 13.0. The second-order valence-corrected chi connectivity index (χ2v) is 9.00. The fourth-order valence-electron chi connectivity index (χ4n) is 4.78. The zero-order chi connectivity index (χ0) is 23.3. The molecule has 3 rings (SSSR count). The Hall–Kier alpha value is -2.97. The van der Waals surface area contributed by atoms with Gasteiger partial charge >= 0.3 is 0 Å². The van der Waals surface area contributed by atoms with Gasteiger partial charge in [-0.25, -0.2) is 0 Å². The first-order valence-electron chi connectivity index (χ1n) is 11.5. The molecular formula is C23H34N6O3. The topological polar surface area (TPSA) is 141 Å². The third-order valence-electron chi connectivity index (χ3n) is 6.93. The van der Waals surface area contributed by atoms with Gasteiger partial charge in [0.1, 0.15) is 11.8 Å². The van der Waals surface area contributed by atoms with Gasteiger partial charge in [0.15, 0.2) is 0 Å². The lowest BCUT2D eigenvalue weighted by atomic mass is 9.98. The SMILES string of the molecule is CCC1CC(C(=O)NCC2CCCC2C)N(C(=O)CNc2cnccc2C(=N)C(N)=O)C1. The number of nitrogens with two attached hydrogens (primary N) is 1. The number of aromatic nitrogens is 1. The van der Waals surface area contributed by atoms with E-state index in [0.29, 0.717) is 37.0 Å². The van der Waals surface area contributed by atoms with Crippen molar-refractivity contribution in [3.05, 3.63) is 24.0 Å². The summed E-state index contributed by atoms with van der Waals surface area (Å²) in [6, 6.07) is 1.03. The van der Waals surface area contributed by atoms with Gasteiger partial charge in [0.2, 0.25) is 11.8 Å². The minimum Gasteiger partial charge on any atom is -0.374 e. The fourth-order valence-corrected chi connectivity index (χ4v) is 4.78. The van der Waals surface area contributed by atoms with Crippen molar-refractivity contribution in [3.63, 3.8) is 0 Å². The molecule has 9 heteroatoms. The number of rotatable bonds is 9. The van der Waals surface area contributed by atoms with Crippen LogP contribution >= 0.6 is 0 Å². The van der Waals surface area contributed by atoms with E-state index in [2.05, 4.69) is 29.5 Å². The minimum absolute atomic E-state index is 0.0649. The van der Waals surface area contributed by atoms with Crippen molar-refractivity contribution in [3.8, 4) is 0 Å². The van der Waals surface area contributed by atoms with Crippen LogP contribution in [0.5, 0.6) is 0 Å². The minimum atomic E-state index is -0.857. The van der Waals surface area contributed by atoms with Gasteiger partial charge in [-0.05, 0) is 36.7 Å². The number of primary amides is 1. The highest BCUT2D eigenvalue weighted by molar-refractivity contribution is 6.44. The van der Waals surface area contributed by atoms with Gasteiger partial charge in [-0.3, -0.25) is 24.8 Å². The van der Waals surface area contributed by atoms with Crippen LogP contribution in [0.15, 0.2) is 18.5 Å². The molecule has 1 aliphatic heterocycles. The molecule has 5 N–H and O–H groups in total. The van der Waals surface area contributed by atoms with Crippen molar-refractivity contribution >= 4 is 29.1 Å². The Morgan fingerprint density at radius 3 is 2.75 bits per heavy atom. The number of amides is 3.